The number of esters is 1. The van der Waals surface area contributed by atoms with Gasteiger partial charge in [-0.1, -0.05) is 6.07 Å². The Morgan fingerprint density at radius 2 is 1.92 bits per heavy atom. The van der Waals surface area contributed by atoms with Crippen LogP contribution < -0.4 is 0 Å². The molecule has 0 spiro atoms. The molecule has 0 bridgehead atoms. The summed E-state index contributed by atoms with van der Waals surface area (Å²) in [6.07, 6.45) is 2.37. The normalized spacial score (nSPS) is 15.9. The van der Waals surface area contributed by atoms with Gasteiger partial charge in [0.25, 0.3) is 0 Å². The van der Waals surface area contributed by atoms with Crippen LogP contribution in [0.25, 0.3) is 0 Å². The molecule has 0 atom stereocenters. The average molecular weight is 334 g/mol. The van der Waals surface area contributed by atoms with Crippen molar-refractivity contribution in [2.45, 2.75) is 45.6 Å². The van der Waals surface area contributed by atoms with Crippen molar-refractivity contribution in [3.8, 4) is 0 Å². The van der Waals surface area contributed by atoms with Crippen molar-refractivity contribution < 1.29 is 19.1 Å². The van der Waals surface area contributed by atoms with E-state index in [-0.39, 0.29) is 6.09 Å². The Morgan fingerprint density at radius 1 is 1.25 bits per heavy atom. The number of piperidine rings is 1. The van der Waals surface area contributed by atoms with Gasteiger partial charge in [0.05, 0.1) is 7.11 Å². The molecular formula is C18H26N2O4. The highest BCUT2D eigenvalue weighted by atomic mass is 16.6. The molecule has 2 rings (SSSR count). The molecule has 1 aromatic rings. The molecule has 0 saturated carbocycles. The van der Waals surface area contributed by atoms with Gasteiger partial charge in [-0.3, -0.25) is 0 Å². The minimum Gasteiger partial charge on any atom is -0.464 e. The molecule has 0 radical (unpaired) electrons. The van der Waals surface area contributed by atoms with Crippen molar-refractivity contribution in [2.75, 3.05) is 20.2 Å². The van der Waals surface area contributed by atoms with Crippen LogP contribution in [0.3, 0.4) is 0 Å². The molecule has 1 amide bonds. The fourth-order valence-electron chi connectivity index (χ4n) is 2.75. The summed E-state index contributed by atoms with van der Waals surface area (Å²) < 4.78 is 10.1. The summed E-state index contributed by atoms with van der Waals surface area (Å²) in [5.41, 5.74) is 0.751. The van der Waals surface area contributed by atoms with E-state index in [9.17, 15) is 9.59 Å². The number of carbonyl (C=O) groups is 2. The summed E-state index contributed by atoms with van der Waals surface area (Å²) in [6.45, 7) is 7.00. The van der Waals surface area contributed by atoms with Crippen LogP contribution in [0.4, 0.5) is 4.79 Å². The maximum absolute atomic E-state index is 12.1. The van der Waals surface area contributed by atoms with Crippen LogP contribution in [0.5, 0.6) is 0 Å². The zero-order valence-corrected chi connectivity index (χ0v) is 14.9. The van der Waals surface area contributed by atoms with Crippen molar-refractivity contribution in [1.29, 1.82) is 0 Å². The SMILES string of the molecule is COC(=O)c1cccc(CC2CCN(C(=O)OC(C)(C)C)CC2)n1. The number of hydrogen-bond acceptors (Lipinski definition) is 5. The lowest BCUT2D eigenvalue weighted by Gasteiger charge is -2.33. The monoisotopic (exact) mass is 334 g/mol. The molecule has 1 aliphatic heterocycles. The van der Waals surface area contributed by atoms with Crippen molar-refractivity contribution in [3.63, 3.8) is 0 Å². The maximum Gasteiger partial charge on any atom is 0.410 e. The average Bonchev–Trinajstić information content (AvgIpc) is 2.53. The highest BCUT2D eigenvalue weighted by Gasteiger charge is 2.27. The fraction of sp³-hybridized carbons (Fsp3) is 0.611. The molecule has 0 N–H and O–H groups in total. The summed E-state index contributed by atoms with van der Waals surface area (Å²) in [6, 6.07) is 5.40. The Labute approximate surface area is 143 Å². The number of carbonyl (C=O) groups excluding carboxylic acids is 2. The molecule has 1 aliphatic rings. The number of rotatable bonds is 3. The van der Waals surface area contributed by atoms with Crippen LogP contribution in [0.2, 0.25) is 0 Å². The quantitative estimate of drug-likeness (QED) is 0.795. The standard InChI is InChI=1S/C18H26N2O4/c1-18(2,3)24-17(22)20-10-8-13(9-11-20)12-14-6-5-7-15(19-14)16(21)23-4/h5-7,13H,8-12H2,1-4H3. The van der Waals surface area contributed by atoms with Crippen LogP contribution in [-0.2, 0) is 15.9 Å². The number of pyridine rings is 1. The third kappa shape index (κ3) is 5.22. The van der Waals surface area contributed by atoms with E-state index in [4.69, 9.17) is 9.47 Å². The second kappa shape index (κ2) is 7.64. The molecule has 0 aliphatic carbocycles. The van der Waals surface area contributed by atoms with E-state index in [1.807, 2.05) is 32.9 Å². The van der Waals surface area contributed by atoms with Gasteiger partial charge in [-0.15, -0.1) is 0 Å². The smallest absolute Gasteiger partial charge is 0.410 e. The number of methoxy groups -OCH3 is 1. The topological polar surface area (TPSA) is 68.7 Å². The Morgan fingerprint density at radius 3 is 2.50 bits per heavy atom. The molecule has 1 fully saturated rings. The zero-order valence-electron chi connectivity index (χ0n) is 14.9. The van der Waals surface area contributed by atoms with Crippen LogP contribution in [0, 0.1) is 5.92 Å². The van der Waals surface area contributed by atoms with Gasteiger partial charge >= 0.3 is 12.1 Å². The Balaban J connectivity index is 1.87. The van der Waals surface area contributed by atoms with Crippen LogP contribution >= 0.6 is 0 Å². The second-order valence-corrected chi connectivity index (χ2v) is 7.12. The van der Waals surface area contributed by atoms with E-state index in [0.717, 1.165) is 25.0 Å². The van der Waals surface area contributed by atoms with Gasteiger partial charge in [-0.25, -0.2) is 14.6 Å². The van der Waals surface area contributed by atoms with E-state index >= 15 is 0 Å². The first-order chi connectivity index (χ1) is 11.3. The maximum atomic E-state index is 12.1. The lowest BCUT2D eigenvalue weighted by molar-refractivity contribution is 0.0183. The fourth-order valence-corrected chi connectivity index (χ4v) is 2.75. The first-order valence-electron chi connectivity index (χ1n) is 8.30. The lowest BCUT2D eigenvalue weighted by atomic mass is 9.92. The molecular weight excluding hydrogens is 308 g/mol. The predicted octanol–water partition coefficient (Wildman–Crippen LogP) is 3.06. The predicted molar refractivity (Wildman–Crippen MR) is 89.8 cm³/mol. The van der Waals surface area contributed by atoms with Gasteiger partial charge in [-0.05, 0) is 58.1 Å². The van der Waals surface area contributed by atoms with Gasteiger partial charge in [0.15, 0.2) is 0 Å². The molecule has 6 nitrogen and oxygen atoms in total. The number of likely N-dealkylation sites (tertiary alicyclic amines) is 1. The Kier molecular flexibility index (Phi) is 5.80. The lowest BCUT2D eigenvalue weighted by Crippen LogP contribution is -2.42. The largest absolute Gasteiger partial charge is 0.464 e. The first kappa shape index (κ1) is 18.2. The third-order valence-corrected chi connectivity index (χ3v) is 3.97. The van der Waals surface area contributed by atoms with Crippen LogP contribution in [0.15, 0.2) is 18.2 Å². The number of amides is 1. The van der Waals surface area contributed by atoms with Gasteiger partial charge in [-0.2, -0.15) is 0 Å². The number of ether oxygens (including phenoxy) is 2. The Hall–Kier alpha value is -2.11. The third-order valence-electron chi connectivity index (χ3n) is 3.97. The van der Waals surface area contributed by atoms with E-state index in [0.29, 0.717) is 24.7 Å². The van der Waals surface area contributed by atoms with Gasteiger partial charge in [0, 0.05) is 18.8 Å². The van der Waals surface area contributed by atoms with Crippen LogP contribution in [-0.4, -0.2) is 47.7 Å². The summed E-state index contributed by atoms with van der Waals surface area (Å²) in [7, 11) is 1.35. The summed E-state index contributed by atoms with van der Waals surface area (Å²) in [5.74, 6) is 0.0284. The van der Waals surface area contributed by atoms with Gasteiger partial charge in [0.2, 0.25) is 0 Å². The van der Waals surface area contributed by atoms with E-state index in [1.165, 1.54) is 7.11 Å². The summed E-state index contributed by atoms with van der Waals surface area (Å²) in [5, 5.41) is 0. The summed E-state index contributed by atoms with van der Waals surface area (Å²) in [4.78, 5) is 29.7. The van der Waals surface area contributed by atoms with Crippen LogP contribution in [0.1, 0.15) is 49.8 Å². The van der Waals surface area contributed by atoms with Crippen molar-refractivity contribution in [3.05, 3.63) is 29.6 Å². The molecule has 1 aromatic heterocycles. The summed E-state index contributed by atoms with van der Waals surface area (Å²) >= 11 is 0. The minimum absolute atomic E-state index is 0.244. The number of nitrogens with zero attached hydrogens (tertiary/aromatic N) is 2. The van der Waals surface area contributed by atoms with Crippen molar-refractivity contribution in [2.24, 2.45) is 5.92 Å². The highest BCUT2D eigenvalue weighted by molar-refractivity contribution is 5.87. The molecule has 0 unspecified atom stereocenters. The molecule has 6 heteroatoms. The van der Waals surface area contributed by atoms with E-state index in [1.54, 1.807) is 11.0 Å². The first-order valence-corrected chi connectivity index (χ1v) is 8.30. The van der Waals surface area contributed by atoms with Gasteiger partial charge < -0.3 is 14.4 Å². The number of aromatic nitrogens is 1. The van der Waals surface area contributed by atoms with Crippen molar-refractivity contribution in [1.82, 2.24) is 9.88 Å². The Bertz CT molecular complexity index is 587. The molecule has 24 heavy (non-hydrogen) atoms. The zero-order chi connectivity index (χ0) is 17.7. The van der Waals surface area contributed by atoms with Crippen molar-refractivity contribution >= 4 is 12.1 Å². The molecule has 1 saturated heterocycles. The van der Waals surface area contributed by atoms with E-state index < -0.39 is 11.6 Å². The second-order valence-electron chi connectivity index (χ2n) is 7.12. The van der Waals surface area contributed by atoms with Gasteiger partial charge in [0.1, 0.15) is 11.3 Å². The highest BCUT2D eigenvalue weighted by Crippen LogP contribution is 2.22. The minimum atomic E-state index is -0.466. The van der Waals surface area contributed by atoms with E-state index in [2.05, 4.69) is 4.98 Å². The molecule has 132 valence electrons. The molecule has 2 heterocycles. The number of hydrogen-bond donors (Lipinski definition) is 0. The molecule has 0 aromatic carbocycles.